The number of aromatic hydroxyl groups is 1. The molecule has 5 heteroatoms. The van der Waals surface area contributed by atoms with Crippen LogP contribution < -0.4 is 0 Å². The maximum Gasteiger partial charge on any atom is 0.165 e. The quantitative estimate of drug-likeness (QED) is 0.744. The van der Waals surface area contributed by atoms with Gasteiger partial charge >= 0.3 is 0 Å². The molecule has 5 nitrogen and oxygen atoms in total. The van der Waals surface area contributed by atoms with E-state index in [-0.39, 0.29) is 11.4 Å². The van der Waals surface area contributed by atoms with E-state index >= 15 is 0 Å². The molecule has 0 unspecified atom stereocenters. The predicted molar refractivity (Wildman–Crippen MR) is 65.0 cm³/mol. The van der Waals surface area contributed by atoms with Gasteiger partial charge in [0, 0.05) is 7.05 Å². The number of rotatable bonds is 0. The summed E-state index contributed by atoms with van der Waals surface area (Å²) in [4.78, 5) is 0. The predicted octanol–water partition coefficient (Wildman–Crippen LogP) is 1.79. The van der Waals surface area contributed by atoms with Crippen molar-refractivity contribution in [3.05, 3.63) is 11.4 Å². The van der Waals surface area contributed by atoms with Crippen LogP contribution in [0, 0.1) is 6.92 Å². The van der Waals surface area contributed by atoms with Gasteiger partial charge in [-0.2, -0.15) is 10.2 Å². The number of aryl methyl sites for hydroxylation is 1. The second-order valence-corrected chi connectivity index (χ2v) is 5.04. The highest BCUT2D eigenvalue weighted by Crippen LogP contribution is 2.41. The molecule has 92 valence electrons. The molecular formula is C12H18N4O. The van der Waals surface area contributed by atoms with E-state index in [0.717, 1.165) is 18.5 Å². The Hall–Kier alpha value is -1.52. The van der Waals surface area contributed by atoms with E-state index < -0.39 is 0 Å². The summed E-state index contributed by atoms with van der Waals surface area (Å²) in [6, 6.07) is 0. The van der Waals surface area contributed by atoms with Crippen molar-refractivity contribution in [1.29, 1.82) is 0 Å². The third kappa shape index (κ3) is 1.31. The second kappa shape index (κ2) is 3.48. The molecule has 0 bridgehead atoms. The van der Waals surface area contributed by atoms with Gasteiger partial charge in [0.2, 0.25) is 0 Å². The Morgan fingerprint density at radius 2 is 2.00 bits per heavy atom. The molecule has 1 saturated carbocycles. The number of hydrogen-bond acceptors (Lipinski definition) is 4. The molecule has 1 aromatic rings. The molecular weight excluding hydrogens is 216 g/mol. The highest BCUT2D eigenvalue weighted by Gasteiger charge is 2.42. The molecule has 1 aliphatic heterocycles. The first kappa shape index (κ1) is 10.6. The van der Waals surface area contributed by atoms with Crippen LogP contribution in [0.4, 0.5) is 0 Å². The Labute approximate surface area is 101 Å². The summed E-state index contributed by atoms with van der Waals surface area (Å²) in [6.07, 6.45) is 7.47. The SMILES string of the molecule is Cc1nn2c(c1O)C=NN(C)C21CCCCC1. The van der Waals surface area contributed by atoms with Crippen LogP contribution in [0.25, 0.3) is 0 Å². The van der Waals surface area contributed by atoms with Crippen LogP contribution in [0.5, 0.6) is 5.75 Å². The molecule has 2 aliphatic rings. The first-order valence-corrected chi connectivity index (χ1v) is 6.22. The average Bonchev–Trinajstić information content (AvgIpc) is 2.64. The number of fused-ring (bicyclic) bond motifs is 2. The second-order valence-electron chi connectivity index (χ2n) is 5.04. The molecule has 1 aromatic heterocycles. The summed E-state index contributed by atoms with van der Waals surface area (Å²) >= 11 is 0. The molecule has 2 heterocycles. The van der Waals surface area contributed by atoms with Gasteiger partial charge in [-0.05, 0) is 32.6 Å². The van der Waals surface area contributed by atoms with Crippen molar-refractivity contribution in [3.8, 4) is 5.75 Å². The Balaban J connectivity index is 2.16. The molecule has 1 N–H and O–H groups in total. The lowest BCUT2D eigenvalue weighted by Gasteiger charge is -2.45. The van der Waals surface area contributed by atoms with Crippen LogP contribution in [-0.4, -0.2) is 33.2 Å². The van der Waals surface area contributed by atoms with Crippen LogP contribution in [-0.2, 0) is 5.66 Å². The molecule has 0 saturated heterocycles. The summed E-state index contributed by atoms with van der Waals surface area (Å²) in [7, 11) is 2.00. The van der Waals surface area contributed by atoms with Crippen molar-refractivity contribution in [2.45, 2.75) is 44.7 Å². The highest BCUT2D eigenvalue weighted by molar-refractivity contribution is 5.82. The summed E-state index contributed by atoms with van der Waals surface area (Å²) < 4.78 is 1.98. The van der Waals surface area contributed by atoms with E-state index in [9.17, 15) is 5.11 Å². The fraction of sp³-hybridized carbons (Fsp3) is 0.667. The van der Waals surface area contributed by atoms with Crippen LogP contribution in [0.2, 0.25) is 0 Å². The molecule has 0 amide bonds. The maximum atomic E-state index is 9.99. The van der Waals surface area contributed by atoms with E-state index in [2.05, 4.69) is 10.2 Å². The van der Waals surface area contributed by atoms with E-state index in [0.29, 0.717) is 5.69 Å². The fourth-order valence-electron chi connectivity index (χ4n) is 3.01. The summed E-state index contributed by atoms with van der Waals surface area (Å²) in [5.41, 5.74) is 1.28. The number of nitrogens with zero attached hydrogens (tertiary/aromatic N) is 4. The van der Waals surface area contributed by atoms with Crippen LogP contribution in [0.3, 0.4) is 0 Å². The monoisotopic (exact) mass is 234 g/mol. The molecule has 0 aromatic carbocycles. The molecule has 0 atom stereocenters. The standard InChI is InChI=1S/C12H18N4O/c1-9-11(17)10-8-13-15(2)12(16(10)14-9)6-4-3-5-7-12/h8,17H,3-7H2,1-2H3. The van der Waals surface area contributed by atoms with Crippen molar-refractivity contribution in [3.63, 3.8) is 0 Å². The van der Waals surface area contributed by atoms with E-state index in [1.165, 1.54) is 19.3 Å². The smallest absolute Gasteiger partial charge is 0.165 e. The third-order valence-corrected chi connectivity index (χ3v) is 4.07. The molecule has 1 spiro atoms. The van der Waals surface area contributed by atoms with E-state index in [1.54, 1.807) is 6.21 Å². The lowest BCUT2D eigenvalue weighted by atomic mass is 9.88. The zero-order valence-corrected chi connectivity index (χ0v) is 10.3. The molecule has 17 heavy (non-hydrogen) atoms. The van der Waals surface area contributed by atoms with Gasteiger partial charge in [0.1, 0.15) is 17.1 Å². The highest BCUT2D eigenvalue weighted by atomic mass is 16.3. The average molecular weight is 234 g/mol. The van der Waals surface area contributed by atoms with Gasteiger partial charge in [-0.3, -0.25) is 5.01 Å². The summed E-state index contributed by atoms with van der Waals surface area (Å²) in [5.74, 6) is 0.270. The normalized spacial score (nSPS) is 21.9. The van der Waals surface area contributed by atoms with Crippen LogP contribution >= 0.6 is 0 Å². The lowest BCUT2D eigenvalue weighted by Crippen LogP contribution is -2.50. The van der Waals surface area contributed by atoms with Crippen LogP contribution in [0.15, 0.2) is 5.10 Å². The van der Waals surface area contributed by atoms with Gasteiger partial charge in [0.05, 0.1) is 6.21 Å². The Bertz CT molecular complexity index is 471. The van der Waals surface area contributed by atoms with Gasteiger partial charge in [-0.25, -0.2) is 4.68 Å². The molecule has 3 rings (SSSR count). The minimum atomic E-state index is -0.159. The van der Waals surface area contributed by atoms with Crippen molar-refractivity contribution >= 4 is 6.21 Å². The van der Waals surface area contributed by atoms with Crippen molar-refractivity contribution in [1.82, 2.24) is 14.8 Å². The lowest BCUT2D eigenvalue weighted by molar-refractivity contribution is -0.0119. The van der Waals surface area contributed by atoms with E-state index in [4.69, 9.17) is 0 Å². The van der Waals surface area contributed by atoms with E-state index in [1.807, 2.05) is 23.7 Å². The largest absolute Gasteiger partial charge is 0.504 e. The minimum Gasteiger partial charge on any atom is -0.504 e. The molecule has 1 fully saturated rings. The maximum absolute atomic E-state index is 9.99. The van der Waals surface area contributed by atoms with Crippen LogP contribution in [0.1, 0.15) is 43.5 Å². The van der Waals surface area contributed by atoms with Crippen molar-refractivity contribution in [2.75, 3.05) is 7.05 Å². The van der Waals surface area contributed by atoms with Gasteiger partial charge in [0.25, 0.3) is 0 Å². The molecule has 1 aliphatic carbocycles. The van der Waals surface area contributed by atoms with Crippen molar-refractivity contribution in [2.24, 2.45) is 5.10 Å². The van der Waals surface area contributed by atoms with Crippen molar-refractivity contribution < 1.29 is 5.11 Å². The first-order chi connectivity index (χ1) is 8.15. The molecule has 0 radical (unpaired) electrons. The number of aromatic nitrogens is 2. The van der Waals surface area contributed by atoms with Gasteiger partial charge in [-0.15, -0.1) is 0 Å². The number of hydrazone groups is 1. The Kier molecular flexibility index (Phi) is 2.18. The topological polar surface area (TPSA) is 53.6 Å². The zero-order chi connectivity index (χ0) is 12.0. The first-order valence-electron chi connectivity index (χ1n) is 6.22. The zero-order valence-electron chi connectivity index (χ0n) is 10.3. The van der Waals surface area contributed by atoms with Gasteiger partial charge < -0.3 is 5.11 Å². The minimum absolute atomic E-state index is 0.159. The summed E-state index contributed by atoms with van der Waals surface area (Å²) in [6.45, 7) is 1.84. The fourth-order valence-corrected chi connectivity index (χ4v) is 3.01. The Morgan fingerprint density at radius 1 is 1.29 bits per heavy atom. The van der Waals surface area contributed by atoms with Gasteiger partial charge in [-0.1, -0.05) is 6.42 Å². The Morgan fingerprint density at radius 3 is 2.71 bits per heavy atom. The van der Waals surface area contributed by atoms with Gasteiger partial charge in [0.15, 0.2) is 5.75 Å². The summed E-state index contributed by atoms with van der Waals surface area (Å²) in [5, 5.41) is 20.9. The number of hydrogen-bond donors (Lipinski definition) is 1. The third-order valence-electron chi connectivity index (χ3n) is 4.07.